The van der Waals surface area contributed by atoms with Crippen LogP contribution in [0.3, 0.4) is 0 Å². The number of carbonyl (C=O) groups excluding carboxylic acids is 4. The highest BCUT2D eigenvalue weighted by molar-refractivity contribution is 6.34. The predicted molar refractivity (Wildman–Crippen MR) is 131 cm³/mol. The van der Waals surface area contributed by atoms with Gasteiger partial charge in [0, 0.05) is 6.04 Å². The van der Waals surface area contributed by atoms with E-state index in [2.05, 4.69) is 5.32 Å². The van der Waals surface area contributed by atoms with E-state index in [-0.39, 0.29) is 22.7 Å². The molecule has 0 saturated carbocycles. The highest BCUT2D eigenvalue weighted by atomic mass is 16.5. The zero-order valence-electron chi connectivity index (χ0n) is 19.6. The van der Waals surface area contributed by atoms with Gasteiger partial charge in [0.15, 0.2) is 6.61 Å². The third-order valence-electron chi connectivity index (χ3n) is 5.93. The molecule has 1 aliphatic rings. The van der Waals surface area contributed by atoms with Crippen LogP contribution in [0.4, 0.5) is 5.69 Å². The number of carbonyl (C=O) groups is 4. The summed E-state index contributed by atoms with van der Waals surface area (Å²) in [5.74, 6) is -2.09. The number of rotatable bonds is 8. The Hall–Kier alpha value is -4.26. The molecule has 3 aromatic rings. The van der Waals surface area contributed by atoms with Crippen LogP contribution >= 0.6 is 0 Å². The number of anilines is 1. The molecule has 0 saturated heterocycles. The third-order valence-corrected chi connectivity index (χ3v) is 5.93. The normalized spacial score (nSPS) is 13.4. The second-order valence-electron chi connectivity index (χ2n) is 8.56. The van der Waals surface area contributed by atoms with Crippen molar-refractivity contribution in [3.63, 3.8) is 0 Å². The minimum atomic E-state index is -0.741. The van der Waals surface area contributed by atoms with Crippen LogP contribution in [0.15, 0.2) is 72.8 Å². The van der Waals surface area contributed by atoms with Crippen molar-refractivity contribution in [2.24, 2.45) is 0 Å². The van der Waals surface area contributed by atoms with Crippen LogP contribution in [0.25, 0.3) is 0 Å². The smallest absolute Gasteiger partial charge is 0.338 e. The highest BCUT2D eigenvalue weighted by Crippen LogP contribution is 2.31. The molecule has 1 N–H and O–H groups in total. The van der Waals surface area contributed by atoms with Crippen molar-refractivity contribution >= 4 is 29.4 Å². The first kappa shape index (κ1) is 23.9. The molecule has 1 heterocycles. The van der Waals surface area contributed by atoms with Crippen LogP contribution in [0.2, 0.25) is 0 Å². The van der Waals surface area contributed by atoms with Crippen LogP contribution in [0.1, 0.15) is 55.5 Å². The standard InChI is InChI=1S/C28H26N2O5/c1-18-8-6-7-11-24(18)30-26(32)22-15-14-21(16-23(22)27(30)33)28(34)35-17-25(31)29-19(2)12-13-20-9-4-3-5-10-20/h3-11,14-16,19H,12-13,17H2,1-2H3,(H,29,31). The molecule has 1 aliphatic heterocycles. The number of amides is 3. The Morgan fingerprint density at radius 3 is 2.34 bits per heavy atom. The van der Waals surface area contributed by atoms with Crippen LogP contribution in [-0.2, 0) is 16.0 Å². The van der Waals surface area contributed by atoms with Crippen molar-refractivity contribution in [3.05, 3.63) is 101 Å². The number of ether oxygens (including phenoxy) is 1. The topological polar surface area (TPSA) is 92.8 Å². The fourth-order valence-electron chi connectivity index (χ4n) is 4.03. The summed E-state index contributed by atoms with van der Waals surface area (Å²) in [6.07, 6.45) is 1.57. The monoisotopic (exact) mass is 470 g/mol. The number of benzene rings is 3. The number of aryl methyl sites for hydroxylation is 2. The molecule has 1 atom stereocenters. The van der Waals surface area contributed by atoms with Gasteiger partial charge in [0.1, 0.15) is 0 Å². The van der Waals surface area contributed by atoms with Gasteiger partial charge in [-0.1, -0.05) is 48.5 Å². The van der Waals surface area contributed by atoms with Gasteiger partial charge < -0.3 is 10.1 Å². The highest BCUT2D eigenvalue weighted by Gasteiger charge is 2.37. The number of esters is 1. The summed E-state index contributed by atoms with van der Waals surface area (Å²) in [4.78, 5) is 51.7. The summed E-state index contributed by atoms with van der Waals surface area (Å²) in [6.45, 7) is 3.27. The summed E-state index contributed by atoms with van der Waals surface area (Å²) < 4.78 is 5.15. The Kier molecular flexibility index (Phi) is 7.06. The molecule has 4 rings (SSSR count). The molecule has 35 heavy (non-hydrogen) atoms. The lowest BCUT2D eigenvalue weighted by molar-refractivity contribution is -0.124. The van der Waals surface area contributed by atoms with Crippen molar-refractivity contribution in [3.8, 4) is 0 Å². The molecule has 0 radical (unpaired) electrons. The molecule has 0 bridgehead atoms. The van der Waals surface area contributed by atoms with E-state index < -0.39 is 30.3 Å². The second-order valence-corrected chi connectivity index (χ2v) is 8.56. The molecule has 3 amide bonds. The maximum atomic E-state index is 13.0. The van der Waals surface area contributed by atoms with Crippen molar-refractivity contribution in [1.82, 2.24) is 5.32 Å². The number of hydrogen-bond donors (Lipinski definition) is 1. The van der Waals surface area contributed by atoms with Crippen LogP contribution in [-0.4, -0.2) is 36.3 Å². The zero-order chi connectivity index (χ0) is 24.9. The molecule has 0 aromatic heterocycles. The van der Waals surface area contributed by atoms with Crippen molar-refractivity contribution in [1.29, 1.82) is 0 Å². The molecule has 3 aromatic carbocycles. The maximum Gasteiger partial charge on any atom is 0.338 e. The van der Waals surface area contributed by atoms with Crippen molar-refractivity contribution in [2.75, 3.05) is 11.5 Å². The molecular formula is C28H26N2O5. The van der Waals surface area contributed by atoms with Gasteiger partial charge in [-0.3, -0.25) is 14.4 Å². The fraction of sp³-hybridized carbons (Fsp3) is 0.214. The van der Waals surface area contributed by atoms with E-state index in [9.17, 15) is 19.2 Å². The Labute approximate surface area is 203 Å². The lowest BCUT2D eigenvalue weighted by Gasteiger charge is -2.16. The van der Waals surface area contributed by atoms with E-state index in [0.717, 1.165) is 23.3 Å². The number of nitrogens with one attached hydrogen (secondary N) is 1. The SMILES string of the molecule is Cc1ccccc1N1C(=O)c2ccc(C(=O)OCC(=O)NC(C)CCc3ccccc3)cc2C1=O. The van der Waals surface area contributed by atoms with Crippen molar-refractivity contribution in [2.45, 2.75) is 32.7 Å². The van der Waals surface area contributed by atoms with Gasteiger partial charge in [-0.05, 0) is 62.1 Å². The van der Waals surface area contributed by atoms with E-state index in [0.29, 0.717) is 5.69 Å². The summed E-state index contributed by atoms with van der Waals surface area (Å²) in [7, 11) is 0. The van der Waals surface area contributed by atoms with Crippen LogP contribution < -0.4 is 10.2 Å². The molecular weight excluding hydrogens is 444 g/mol. The van der Waals surface area contributed by atoms with Gasteiger partial charge in [0.05, 0.1) is 22.4 Å². The Bertz CT molecular complexity index is 1290. The maximum absolute atomic E-state index is 13.0. The average molecular weight is 471 g/mol. The van der Waals surface area contributed by atoms with E-state index in [1.807, 2.05) is 56.3 Å². The minimum Gasteiger partial charge on any atom is -0.452 e. The van der Waals surface area contributed by atoms with E-state index in [1.165, 1.54) is 23.8 Å². The van der Waals surface area contributed by atoms with Gasteiger partial charge >= 0.3 is 5.97 Å². The molecule has 0 fully saturated rings. The predicted octanol–water partition coefficient (Wildman–Crippen LogP) is 4.09. The first-order valence-electron chi connectivity index (χ1n) is 11.4. The zero-order valence-corrected chi connectivity index (χ0v) is 19.6. The van der Waals surface area contributed by atoms with Gasteiger partial charge in [0.2, 0.25) is 0 Å². The van der Waals surface area contributed by atoms with E-state index in [4.69, 9.17) is 4.74 Å². The van der Waals surface area contributed by atoms with Crippen LogP contribution in [0, 0.1) is 6.92 Å². The minimum absolute atomic E-state index is 0.0857. The van der Waals surface area contributed by atoms with Gasteiger partial charge in [-0.15, -0.1) is 0 Å². The first-order valence-corrected chi connectivity index (χ1v) is 11.4. The van der Waals surface area contributed by atoms with E-state index in [1.54, 1.807) is 12.1 Å². The number of hydrogen-bond acceptors (Lipinski definition) is 5. The number of nitrogens with zero attached hydrogens (tertiary/aromatic N) is 1. The third kappa shape index (κ3) is 5.30. The van der Waals surface area contributed by atoms with Gasteiger partial charge in [-0.2, -0.15) is 0 Å². The molecule has 178 valence electrons. The van der Waals surface area contributed by atoms with E-state index >= 15 is 0 Å². The quantitative estimate of drug-likeness (QED) is 0.395. The number of fused-ring (bicyclic) bond motifs is 1. The van der Waals surface area contributed by atoms with Crippen LogP contribution in [0.5, 0.6) is 0 Å². The molecule has 7 nitrogen and oxygen atoms in total. The molecule has 0 aliphatic carbocycles. The second kappa shape index (κ2) is 10.3. The summed E-state index contributed by atoms with van der Waals surface area (Å²) >= 11 is 0. The van der Waals surface area contributed by atoms with Crippen molar-refractivity contribution < 1.29 is 23.9 Å². The molecule has 1 unspecified atom stereocenters. The van der Waals surface area contributed by atoms with Gasteiger partial charge in [-0.25, -0.2) is 9.69 Å². The summed E-state index contributed by atoms with van der Waals surface area (Å²) in [6, 6.07) is 21.2. The summed E-state index contributed by atoms with van der Waals surface area (Å²) in [5.41, 5.74) is 2.92. The number of para-hydroxylation sites is 1. The number of imide groups is 1. The van der Waals surface area contributed by atoms with Gasteiger partial charge in [0.25, 0.3) is 17.7 Å². The molecule has 7 heteroatoms. The largest absolute Gasteiger partial charge is 0.452 e. The Balaban J connectivity index is 1.34. The fourth-order valence-corrected chi connectivity index (χ4v) is 4.03. The summed E-state index contributed by atoms with van der Waals surface area (Å²) in [5, 5.41) is 2.82. The Morgan fingerprint density at radius 1 is 0.914 bits per heavy atom. The average Bonchev–Trinajstić information content (AvgIpc) is 3.11. The lowest BCUT2D eigenvalue weighted by Crippen LogP contribution is -2.36. The molecule has 0 spiro atoms. The Morgan fingerprint density at radius 2 is 1.60 bits per heavy atom. The first-order chi connectivity index (χ1) is 16.8. The lowest BCUT2D eigenvalue weighted by atomic mass is 10.1.